The summed E-state index contributed by atoms with van der Waals surface area (Å²) in [5.41, 5.74) is 3.70. The topological polar surface area (TPSA) is 38.3 Å². The molecule has 0 radical (unpaired) electrons. The van der Waals surface area contributed by atoms with Crippen molar-refractivity contribution in [2.24, 2.45) is 0 Å². The van der Waals surface area contributed by atoms with Crippen LogP contribution in [0.25, 0.3) is 0 Å². The van der Waals surface area contributed by atoms with Gasteiger partial charge in [0.1, 0.15) is 11.4 Å². The van der Waals surface area contributed by atoms with Crippen molar-refractivity contribution in [3.63, 3.8) is 0 Å². The summed E-state index contributed by atoms with van der Waals surface area (Å²) in [6.45, 7) is 8.30. The number of carbonyl (C=O) groups is 1. The summed E-state index contributed by atoms with van der Waals surface area (Å²) in [7, 11) is 0. The summed E-state index contributed by atoms with van der Waals surface area (Å²) in [5, 5.41) is 3.26. The predicted octanol–water partition coefficient (Wildman–Crippen LogP) is 5.12. The summed E-state index contributed by atoms with van der Waals surface area (Å²) in [6.07, 6.45) is 2.65. The van der Waals surface area contributed by atoms with Gasteiger partial charge in [-0.05, 0) is 44.4 Å². The lowest BCUT2D eigenvalue weighted by Gasteiger charge is -2.41. The third-order valence-electron chi connectivity index (χ3n) is 5.43. The van der Waals surface area contributed by atoms with E-state index in [-0.39, 0.29) is 17.6 Å². The Labute approximate surface area is 150 Å². The average Bonchev–Trinajstić information content (AvgIpc) is 2.63. The second-order valence-corrected chi connectivity index (χ2v) is 7.08. The van der Waals surface area contributed by atoms with Crippen LogP contribution in [0, 0.1) is 13.8 Å². The zero-order valence-corrected chi connectivity index (χ0v) is 15.6. The molecule has 0 bridgehead atoms. The molecular formula is C22H27NO2. The van der Waals surface area contributed by atoms with Crippen LogP contribution in [-0.4, -0.2) is 11.5 Å². The minimum absolute atomic E-state index is 0.0102. The van der Waals surface area contributed by atoms with E-state index < -0.39 is 0 Å². The highest BCUT2D eigenvalue weighted by Gasteiger charge is 2.39. The number of hydrogen-bond donors (Lipinski definition) is 1. The van der Waals surface area contributed by atoms with Gasteiger partial charge in [-0.25, -0.2) is 0 Å². The molecule has 2 aromatic carbocycles. The van der Waals surface area contributed by atoms with E-state index in [0.29, 0.717) is 0 Å². The lowest BCUT2D eigenvalue weighted by atomic mass is 9.83. The van der Waals surface area contributed by atoms with Crippen molar-refractivity contribution in [1.29, 1.82) is 0 Å². The smallest absolute Gasteiger partial charge is 0.252 e. The fraction of sp³-hybridized carbons (Fsp3) is 0.409. The van der Waals surface area contributed by atoms with Gasteiger partial charge in [-0.3, -0.25) is 4.79 Å². The SMILES string of the molecule is CCC1(CC)C[C@@H](NC(=O)c2cc(C)ccc2C)c2ccccc2O1. The van der Waals surface area contributed by atoms with Gasteiger partial charge in [0, 0.05) is 17.5 Å². The first kappa shape index (κ1) is 17.5. The third-order valence-corrected chi connectivity index (χ3v) is 5.43. The number of fused-ring (bicyclic) bond motifs is 1. The fourth-order valence-corrected chi connectivity index (χ4v) is 3.65. The molecule has 1 aliphatic heterocycles. The van der Waals surface area contributed by atoms with Crippen LogP contribution in [0.4, 0.5) is 0 Å². The first-order chi connectivity index (χ1) is 12.0. The van der Waals surface area contributed by atoms with E-state index >= 15 is 0 Å². The van der Waals surface area contributed by atoms with Crippen LogP contribution in [0.15, 0.2) is 42.5 Å². The Kier molecular flexibility index (Phi) is 4.85. The molecule has 1 amide bonds. The number of para-hydroxylation sites is 1. The van der Waals surface area contributed by atoms with E-state index in [1.165, 1.54) is 0 Å². The zero-order valence-electron chi connectivity index (χ0n) is 15.6. The molecule has 0 aromatic heterocycles. The van der Waals surface area contributed by atoms with E-state index in [1.54, 1.807) is 0 Å². The number of nitrogens with one attached hydrogen (secondary N) is 1. The Bertz CT molecular complexity index is 777. The summed E-state index contributed by atoms with van der Waals surface area (Å²) in [6, 6.07) is 14.0. The van der Waals surface area contributed by atoms with Crippen LogP contribution in [0.5, 0.6) is 5.75 Å². The van der Waals surface area contributed by atoms with Crippen molar-refractivity contribution >= 4 is 5.91 Å². The van der Waals surface area contributed by atoms with Crippen molar-refractivity contribution in [1.82, 2.24) is 5.32 Å². The summed E-state index contributed by atoms with van der Waals surface area (Å²) in [5.74, 6) is 0.882. The molecule has 132 valence electrons. The van der Waals surface area contributed by atoms with E-state index in [0.717, 1.165) is 47.3 Å². The minimum atomic E-state index is -0.214. The van der Waals surface area contributed by atoms with E-state index in [1.807, 2.05) is 50.2 Å². The molecule has 3 rings (SSSR count). The van der Waals surface area contributed by atoms with Crippen molar-refractivity contribution in [2.75, 3.05) is 0 Å². The maximum atomic E-state index is 12.9. The Hall–Kier alpha value is -2.29. The molecule has 0 saturated heterocycles. The molecule has 2 aromatic rings. The van der Waals surface area contributed by atoms with Gasteiger partial charge in [-0.2, -0.15) is 0 Å². The molecule has 25 heavy (non-hydrogen) atoms. The molecule has 1 N–H and O–H groups in total. The summed E-state index contributed by atoms with van der Waals surface area (Å²) >= 11 is 0. The van der Waals surface area contributed by atoms with Crippen molar-refractivity contribution in [3.8, 4) is 5.75 Å². The van der Waals surface area contributed by atoms with Gasteiger partial charge in [0.2, 0.25) is 0 Å². The third kappa shape index (κ3) is 3.41. The van der Waals surface area contributed by atoms with Crippen LogP contribution in [0.3, 0.4) is 0 Å². The van der Waals surface area contributed by atoms with Gasteiger partial charge in [0.05, 0.1) is 6.04 Å². The molecule has 1 aliphatic rings. The largest absolute Gasteiger partial charge is 0.487 e. The molecule has 3 heteroatoms. The normalized spacial score (nSPS) is 18.2. The molecule has 0 unspecified atom stereocenters. The van der Waals surface area contributed by atoms with Gasteiger partial charge >= 0.3 is 0 Å². The Morgan fingerprint density at radius 1 is 1.16 bits per heavy atom. The highest BCUT2D eigenvalue weighted by Crippen LogP contribution is 2.42. The zero-order chi connectivity index (χ0) is 18.0. The van der Waals surface area contributed by atoms with E-state index in [4.69, 9.17) is 4.74 Å². The molecule has 3 nitrogen and oxygen atoms in total. The monoisotopic (exact) mass is 337 g/mol. The van der Waals surface area contributed by atoms with Crippen molar-refractivity contribution < 1.29 is 9.53 Å². The van der Waals surface area contributed by atoms with Crippen LogP contribution in [0.1, 0.15) is 66.2 Å². The molecule has 0 aliphatic carbocycles. The quantitative estimate of drug-likeness (QED) is 0.841. The number of benzene rings is 2. The molecule has 0 fully saturated rings. The number of hydrogen-bond acceptors (Lipinski definition) is 2. The van der Waals surface area contributed by atoms with Gasteiger partial charge in [-0.15, -0.1) is 0 Å². The number of rotatable bonds is 4. The van der Waals surface area contributed by atoms with Crippen molar-refractivity contribution in [3.05, 3.63) is 64.7 Å². The fourth-order valence-electron chi connectivity index (χ4n) is 3.65. The highest BCUT2D eigenvalue weighted by molar-refractivity contribution is 5.96. The van der Waals surface area contributed by atoms with Gasteiger partial charge in [0.15, 0.2) is 0 Å². The summed E-state index contributed by atoms with van der Waals surface area (Å²) in [4.78, 5) is 12.9. The first-order valence-electron chi connectivity index (χ1n) is 9.14. The second kappa shape index (κ2) is 6.91. The molecule has 1 atom stereocenters. The Morgan fingerprint density at radius 2 is 1.88 bits per heavy atom. The summed E-state index contributed by atoms with van der Waals surface area (Å²) < 4.78 is 6.33. The minimum Gasteiger partial charge on any atom is -0.487 e. The second-order valence-electron chi connectivity index (χ2n) is 7.08. The number of amides is 1. The van der Waals surface area contributed by atoms with Crippen LogP contribution in [-0.2, 0) is 0 Å². The first-order valence-corrected chi connectivity index (χ1v) is 9.14. The van der Waals surface area contributed by atoms with Gasteiger partial charge in [0.25, 0.3) is 5.91 Å². The predicted molar refractivity (Wildman–Crippen MR) is 101 cm³/mol. The van der Waals surface area contributed by atoms with Crippen molar-refractivity contribution in [2.45, 2.75) is 58.6 Å². The molecule has 0 saturated carbocycles. The van der Waals surface area contributed by atoms with Crippen LogP contribution in [0.2, 0.25) is 0 Å². The maximum Gasteiger partial charge on any atom is 0.252 e. The van der Waals surface area contributed by atoms with E-state index in [9.17, 15) is 4.79 Å². The van der Waals surface area contributed by atoms with Crippen LogP contribution >= 0.6 is 0 Å². The van der Waals surface area contributed by atoms with Crippen LogP contribution < -0.4 is 10.1 Å². The molecule has 1 heterocycles. The number of ether oxygens (including phenoxy) is 1. The highest BCUT2D eigenvalue weighted by atomic mass is 16.5. The lowest BCUT2D eigenvalue weighted by molar-refractivity contribution is 0.0227. The number of aryl methyl sites for hydroxylation is 2. The lowest BCUT2D eigenvalue weighted by Crippen LogP contribution is -2.44. The molecule has 0 spiro atoms. The van der Waals surface area contributed by atoms with Gasteiger partial charge < -0.3 is 10.1 Å². The maximum absolute atomic E-state index is 12.9. The standard InChI is InChI=1S/C22H27NO2/c1-5-22(6-2)14-19(17-9-7-8-10-20(17)25-22)23-21(24)18-13-15(3)11-12-16(18)4/h7-13,19H,5-6,14H2,1-4H3,(H,23,24)/t19-/m1/s1. The Balaban J connectivity index is 1.93. The average molecular weight is 337 g/mol. The number of carbonyl (C=O) groups excluding carboxylic acids is 1. The van der Waals surface area contributed by atoms with E-state index in [2.05, 4.69) is 25.2 Å². The molecular weight excluding hydrogens is 310 g/mol. The van der Waals surface area contributed by atoms with Gasteiger partial charge in [-0.1, -0.05) is 49.7 Å². The Morgan fingerprint density at radius 3 is 2.60 bits per heavy atom.